The van der Waals surface area contributed by atoms with Crippen LogP contribution in [0.4, 0.5) is 0 Å². The van der Waals surface area contributed by atoms with Crippen molar-refractivity contribution in [2.45, 2.75) is 40.0 Å². The first-order chi connectivity index (χ1) is 6.04. The van der Waals surface area contributed by atoms with Crippen molar-refractivity contribution in [2.24, 2.45) is 17.8 Å². The van der Waals surface area contributed by atoms with Crippen molar-refractivity contribution < 1.29 is 9.59 Å². The average Bonchev–Trinajstić information content (AvgIpc) is 2.08. The summed E-state index contributed by atoms with van der Waals surface area (Å²) in [5.41, 5.74) is 0. The molecule has 0 aromatic rings. The van der Waals surface area contributed by atoms with Gasteiger partial charge >= 0.3 is 0 Å². The van der Waals surface area contributed by atoms with Crippen molar-refractivity contribution in [3.63, 3.8) is 0 Å². The molecule has 1 aliphatic rings. The van der Waals surface area contributed by atoms with Crippen molar-refractivity contribution in [3.8, 4) is 0 Å². The number of carbonyl (C=O) groups excluding carboxylic acids is 2. The number of rotatable bonds is 2. The van der Waals surface area contributed by atoms with Crippen LogP contribution in [0.1, 0.15) is 40.0 Å². The summed E-state index contributed by atoms with van der Waals surface area (Å²) in [4.78, 5) is 22.9. The topological polar surface area (TPSA) is 34.1 Å². The summed E-state index contributed by atoms with van der Waals surface area (Å²) in [5, 5.41) is 0. The Labute approximate surface area is 79.7 Å². The molecule has 1 rings (SSSR count). The van der Waals surface area contributed by atoms with E-state index in [1.54, 1.807) is 6.92 Å². The van der Waals surface area contributed by atoms with Crippen LogP contribution < -0.4 is 0 Å². The molecule has 0 aromatic heterocycles. The molecule has 2 nitrogen and oxygen atoms in total. The maximum Gasteiger partial charge on any atom is 0.139 e. The first-order valence-corrected chi connectivity index (χ1v) is 5.08. The van der Waals surface area contributed by atoms with E-state index in [0.29, 0.717) is 5.78 Å². The van der Waals surface area contributed by atoms with Crippen LogP contribution in [0.2, 0.25) is 0 Å². The fourth-order valence-corrected chi connectivity index (χ4v) is 2.07. The molecule has 0 radical (unpaired) electrons. The second-order valence-electron chi connectivity index (χ2n) is 4.24. The van der Waals surface area contributed by atoms with E-state index in [9.17, 15) is 9.59 Å². The quantitative estimate of drug-likeness (QED) is 0.656. The molecular weight excluding hydrogens is 164 g/mol. The lowest BCUT2D eigenvalue weighted by Gasteiger charge is -2.28. The van der Waals surface area contributed by atoms with Crippen molar-refractivity contribution in [1.29, 1.82) is 0 Å². The summed E-state index contributed by atoms with van der Waals surface area (Å²) < 4.78 is 0. The summed E-state index contributed by atoms with van der Waals surface area (Å²) in [6, 6.07) is 0. The first kappa shape index (κ1) is 10.4. The molecule has 13 heavy (non-hydrogen) atoms. The Balaban J connectivity index is 2.68. The van der Waals surface area contributed by atoms with Crippen LogP contribution in [0, 0.1) is 17.8 Å². The zero-order valence-electron chi connectivity index (χ0n) is 8.67. The fourth-order valence-electron chi connectivity index (χ4n) is 2.07. The molecule has 1 saturated carbocycles. The minimum absolute atomic E-state index is 0.00116. The van der Waals surface area contributed by atoms with E-state index in [0.717, 1.165) is 19.3 Å². The Morgan fingerprint density at radius 3 is 2.62 bits per heavy atom. The number of hydrogen-bond acceptors (Lipinski definition) is 2. The molecule has 0 aromatic carbocycles. The highest BCUT2D eigenvalue weighted by molar-refractivity contribution is 5.90. The molecule has 1 aliphatic carbocycles. The molecule has 0 bridgehead atoms. The molecule has 2 heteroatoms. The van der Waals surface area contributed by atoms with Gasteiger partial charge in [0.15, 0.2) is 0 Å². The first-order valence-electron chi connectivity index (χ1n) is 5.08. The summed E-state index contributed by atoms with van der Waals surface area (Å²) in [7, 11) is 0. The Morgan fingerprint density at radius 2 is 2.08 bits per heavy atom. The lowest BCUT2D eigenvalue weighted by molar-refractivity contribution is -0.135. The van der Waals surface area contributed by atoms with Crippen molar-refractivity contribution in [1.82, 2.24) is 0 Å². The predicted octanol–water partition coefficient (Wildman–Crippen LogP) is 2.22. The van der Waals surface area contributed by atoms with Crippen LogP contribution in [0.15, 0.2) is 0 Å². The minimum Gasteiger partial charge on any atom is -0.300 e. The molecule has 74 valence electrons. The fraction of sp³-hybridized carbons (Fsp3) is 0.818. The zero-order chi connectivity index (χ0) is 10.0. The largest absolute Gasteiger partial charge is 0.300 e. The minimum atomic E-state index is -0.0738. The highest BCUT2D eigenvalue weighted by Crippen LogP contribution is 2.30. The van der Waals surface area contributed by atoms with Gasteiger partial charge < -0.3 is 0 Å². The molecule has 0 N–H and O–H groups in total. The van der Waals surface area contributed by atoms with Crippen LogP contribution in [0.5, 0.6) is 0 Å². The molecular formula is C11H18O2. The molecule has 0 spiro atoms. The smallest absolute Gasteiger partial charge is 0.139 e. The number of hydrogen-bond donors (Lipinski definition) is 0. The average molecular weight is 182 g/mol. The normalized spacial score (nSPS) is 31.5. The van der Waals surface area contributed by atoms with E-state index in [-0.39, 0.29) is 23.5 Å². The molecule has 0 heterocycles. The van der Waals surface area contributed by atoms with Gasteiger partial charge in [-0.05, 0) is 19.8 Å². The Morgan fingerprint density at radius 1 is 1.46 bits per heavy atom. The van der Waals surface area contributed by atoms with E-state index in [2.05, 4.69) is 0 Å². The van der Waals surface area contributed by atoms with E-state index >= 15 is 0 Å². The van der Waals surface area contributed by atoms with Crippen molar-refractivity contribution in [3.05, 3.63) is 0 Å². The van der Waals surface area contributed by atoms with E-state index in [1.807, 2.05) is 13.8 Å². The van der Waals surface area contributed by atoms with Crippen LogP contribution >= 0.6 is 0 Å². The highest BCUT2D eigenvalue weighted by Gasteiger charge is 2.33. The molecule has 0 aliphatic heterocycles. The van der Waals surface area contributed by atoms with Crippen LogP contribution in [0.25, 0.3) is 0 Å². The number of Topliss-reactive ketones (excluding diaryl/α,β-unsaturated/α-hetero) is 2. The van der Waals surface area contributed by atoms with Gasteiger partial charge in [-0.2, -0.15) is 0 Å². The molecule has 0 saturated heterocycles. The zero-order valence-corrected chi connectivity index (χ0v) is 8.67. The van der Waals surface area contributed by atoms with Gasteiger partial charge in [-0.15, -0.1) is 0 Å². The molecule has 3 unspecified atom stereocenters. The second-order valence-corrected chi connectivity index (χ2v) is 4.24. The van der Waals surface area contributed by atoms with Crippen LogP contribution in [0.3, 0.4) is 0 Å². The molecule has 1 fully saturated rings. The summed E-state index contributed by atoms with van der Waals surface area (Å²) in [5.74, 6) is 0.540. The van der Waals surface area contributed by atoms with Gasteiger partial charge in [0.25, 0.3) is 0 Å². The molecule has 0 amide bonds. The third-order valence-electron chi connectivity index (χ3n) is 3.25. The van der Waals surface area contributed by atoms with Crippen molar-refractivity contribution >= 4 is 11.6 Å². The second kappa shape index (κ2) is 4.03. The molecule has 3 atom stereocenters. The maximum atomic E-state index is 11.7. The SMILES string of the molecule is CC(=O)C(C)C1CCCC(C)C1=O. The van der Waals surface area contributed by atoms with E-state index in [1.165, 1.54) is 0 Å². The summed E-state index contributed by atoms with van der Waals surface area (Å²) in [6.45, 7) is 5.43. The highest BCUT2D eigenvalue weighted by atomic mass is 16.1. The third kappa shape index (κ3) is 2.17. The Bertz CT molecular complexity index is 220. The lowest BCUT2D eigenvalue weighted by atomic mass is 9.74. The van der Waals surface area contributed by atoms with Gasteiger partial charge in [-0.3, -0.25) is 9.59 Å². The van der Waals surface area contributed by atoms with Gasteiger partial charge in [0, 0.05) is 17.8 Å². The summed E-state index contributed by atoms with van der Waals surface area (Å²) >= 11 is 0. The third-order valence-corrected chi connectivity index (χ3v) is 3.25. The van der Waals surface area contributed by atoms with Gasteiger partial charge in [-0.1, -0.05) is 20.3 Å². The predicted molar refractivity (Wildman–Crippen MR) is 51.4 cm³/mol. The van der Waals surface area contributed by atoms with Gasteiger partial charge in [0.05, 0.1) is 0 Å². The van der Waals surface area contributed by atoms with E-state index < -0.39 is 0 Å². The van der Waals surface area contributed by atoms with Gasteiger partial charge in [0.2, 0.25) is 0 Å². The standard InChI is InChI=1S/C11H18O2/c1-7-5-4-6-10(11(7)13)8(2)9(3)12/h7-8,10H,4-6H2,1-3H3. The van der Waals surface area contributed by atoms with Crippen molar-refractivity contribution in [2.75, 3.05) is 0 Å². The number of ketones is 2. The lowest BCUT2D eigenvalue weighted by Crippen LogP contribution is -2.33. The van der Waals surface area contributed by atoms with Gasteiger partial charge in [-0.25, -0.2) is 0 Å². The number of carbonyl (C=O) groups is 2. The maximum absolute atomic E-state index is 11.7. The van der Waals surface area contributed by atoms with Crippen LogP contribution in [-0.4, -0.2) is 11.6 Å². The Hall–Kier alpha value is -0.660. The van der Waals surface area contributed by atoms with Gasteiger partial charge in [0.1, 0.15) is 11.6 Å². The van der Waals surface area contributed by atoms with E-state index in [4.69, 9.17) is 0 Å². The summed E-state index contributed by atoms with van der Waals surface area (Å²) in [6.07, 6.45) is 3.00. The van der Waals surface area contributed by atoms with Crippen LogP contribution in [-0.2, 0) is 9.59 Å². The Kier molecular flexibility index (Phi) is 3.23. The monoisotopic (exact) mass is 182 g/mol.